The maximum absolute atomic E-state index is 12.4. The molecule has 1 fully saturated rings. The fourth-order valence-corrected chi connectivity index (χ4v) is 3.22. The number of benzene rings is 1. The zero-order chi connectivity index (χ0) is 20.6. The molecule has 0 saturated carbocycles. The number of hydrogen-bond donors (Lipinski definition) is 2. The van der Waals surface area contributed by atoms with E-state index < -0.39 is 0 Å². The lowest BCUT2D eigenvalue weighted by Gasteiger charge is -2.36. The van der Waals surface area contributed by atoms with E-state index in [0.29, 0.717) is 44.0 Å². The van der Waals surface area contributed by atoms with Gasteiger partial charge in [0.25, 0.3) is 11.8 Å². The normalized spacial score (nSPS) is 14.6. The van der Waals surface area contributed by atoms with Gasteiger partial charge in [0.2, 0.25) is 0 Å². The van der Waals surface area contributed by atoms with Crippen molar-refractivity contribution in [2.45, 2.75) is 13.5 Å². The summed E-state index contributed by atoms with van der Waals surface area (Å²) in [5.41, 5.74) is 1.59. The van der Waals surface area contributed by atoms with E-state index in [9.17, 15) is 9.59 Å². The minimum Gasteiger partial charge on any atom is -0.459 e. The van der Waals surface area contributed by atoms with Crippen LogP contribution >= 0.6 is 0 Å². The number of rotatable bonds is 5. The molecule has 0 radical (unpaired) electrons. The van der Waals surface area contributed by atoms with Gasteiger partial charge in [-0.1, -0.05) is 12.1 Å². The molecule has 8 heteroatoms. The molecule has 0 atom stereocenters. The van der Waals surface area contributed by atoms with Gasteiger partial charge in [0, 0.05) is 45.3 Å². The molecule has 154 valence electrons. The van der Waals surface area contributed by atoms with Crippen LogP contribution in [0.25, 0.3) is 0 Å². The monoisotopic (exact) mass is 397 g/mol. The van der Waals surface area contributed by atoms with Crippen LogP contribution in [-0.4, -0.2) is 67.3 Å². The van der Waals surface area contributed by atoms with Gasteiger partial charge in [-0.15, -0.1) is 0 Å². The second-order valence-corrected chi connectivity index (χ2v) is 6.71. The molecule has 3 rings (SSSR count). The van der Waals surface area contributed by atoms with Crippen LogP contribution in [0.5, 0.6) is 0 Å². The Hall–Kier alpha value is -3.29. The molecule has 2 N–H and O–H groups in total. The Morgan fingerprint density at radius 1 is 1.10 bits per heavy atom. The van der Waals surface area contributed by atoms with Crippen molar-refractivity contribution in [2.75, 3.05) is 39.8 Å². The number of guanidine groups is 1. The molecule has 0 unspecified atom stereocenters. The van der Waals surface area contributed by atoms with Crippen molar-refractivity contribution in [1.82, 2.24) is 20.4 Å². The van der Waals surface area contributed by atoms with Gasteiger partial charge in [0.05, 0.1) is 12.8 Å². The maximum atomic E-state index is 12.4. The highest BCUT2D eigenvalue weighted by Crippen LogP contribution is 2.11. The first-order valence-electron chi connectivity index (χ1n) is 9.79. The van der Waals surface area contributed by atoms with Gasteiger partial charge in [-0.2, -0.15) is 0 Å². The second-order valence-electron chi connectivity index (χ2n) is 6.71. The van der Waals surface area contributed by atoms with E-state index in [4.69, 9.17) is 9.41 Å². The third kappa shape index (κ3) is 5.16. The van der Waals surface area contributed by atoms with Crippen molar-refractivity contribution in [1.29, 1.82) is 0 Å². The molecule has 0 bridgehead atoms. The fraction of sp³-hybridized carbons (Fsp3) is 0.381. The van der Waals surface area contributed by atoms with Gasteiger partial charge in [0.15, 0.2) is 11.7 Å². The number of piperazine rings is 1. The SMILES string of the molecule is CCNC(=NCc1cccc(C(=O)NC)c1)N1CCN(C(=O)c2ccco2)CC1. The highest BCUT2D eigenvalue weighted by molar-refractivity contribution is 5.94. The summed E-state index contributed by atoms with van der Waals surface area (Å²) in [4.78, 5) is 32.9. The summed E-state index contributed by atoms with van der Waals surface area (Å²) in [6, 6.07) is 10.9. The molecular formula is C21H27N5O3. The Morgan fingerprint density at radius 2 is 1.86 bits per heavy atom. The summed E-state index contributed by atoms with van der Waals surface area (Å²) < 4.78 is 5.21. The van der Waals surface area contributed by atoms with Crippen LogP contribution in [0.3, 0.4) is 0 Å². The van der Waals surface area contributed by atoms with Crippen LogP contribution in [0, 0.1) is 0 Å². The van der Waals surface area contributed by atoms with Gasteiger partial charge >= 0.3 is 0 Å². The van der Waals surface area contributed by atoms with Crippen molar-refractivity contribution in [3.63, 3.8) is 0 Å². The topological polar surface area (TPSA) is 90.2 Å². The van der Waals surface area contributed by atoms with Gasteiger partial charge in [-0.05, 0) is 36.8 Å². The first kappa shape index (κ1) is 20.4. The third-order valence-corrected chi connectivity index (χ3v) is 4.76. The van der Waals surface area contributed by atoms with Gasteiger partial charge < -0.3 is 24.9 Å². The van der Waals surface area contributed by atoms with Crippen molar-refractivity contribution in [3.05, 3.63) is 59.5 Å². The Balaban J connectivity index is 1.63. The molecule has 1 aromatic carbocycles. The van der Waals surface area contributed by atoms with Crippen molar-refractivity contribution >= 4 is 17.8 Å². The molecule has 0 aliphatic carbocycles. The number of nitrogens with one attached hydrogen (secondary N) is 2. The summed E-state index contributed by atoms with van der Waals surface area (Å²) in [5, 5.41) is 5.95. The van der Waals surface area contributed by atoms with E-state index in [-0.39, 0.29) is 11.8 Å². The summed E-state index contributed by atoms with van der Waals surface area (Å²) in [6.45, 7) is 5.85. The Kier molecular flexibility index (Phi) is 6.89. The lowest BCUT2D eigenvalue weighted by atomic mass is 10.1. The minimum absolute atomic E-state index is 0.0809. The standard InChI is InChI=1S/C21H27N5O3/c1-3-23-21(24-15-16-6-4-7-17(14-16)19(27)22-2)26-11-9-25(10-12-26)20(28)18-8-5-13-29-18/h4-8,13-14H,3,9-12,15H2,1-2H3,(H,22,27)(H,23,24). The molecule has 1 saturated heterocycles. The highest BCUT2D eigenvalue weighted by atomic mass is 16.3. The minimum atomic E-state index is -0.111. The van der Waals surface area contributed by atoms with Crippen LogP contribution in [0.1, 0.15) is 33.4 Å². The van der Waals surface area contributed by atoms with Gasteiger partial charge in [0.1, 0.15) is 0 Å². The number of furan rings is 1. The summed E-state index contributed by atoms with van der Waals surface area (Å²) >= 11 is 0. The van der Waals surface area contributed by atoms with Crippen molar-refractivity contribution in [2.24, 2.45) is 4.99 Å². The van der Waals surface area contributed by atoms with Gasteiger partial charge in [-0.3, -0.25) is 9.59 Å². The van der Waals surface area contributed by atoms with Crippen molar-refractivity contribution in [3.8, 4) is 0 Å². The molecule has 2 aromatic rings. The van der Waals surface area contributed by atoms with E-state index in [1.807, 2.05) is 25.1 Å². The second kappa shape index (κ2) is 9.77. The van der Waals surface area contributed by atoms with Crippen LogP contribution < -0.4 is 10.6 Å². The van der Waals surface area contributed by atoms with E-state index in [1.54, 1.807) is 30.1 Å². The maximum Gasteiger partial charge on any atom is 0.289 e. The number of carbonyl (C=O) groups excluding carboxylic acids is 2. The van der Waals surface area contributed by atoms with E-state index in [2.05, 4.69) is 15.5 Å². The predicted octanol–water partition coefficient (Wildman–Crippen LogP) is 1.56. The lowest BCUT2D eigenvalue weighted by molar-refractivity contribution is 0.0657. The number of aliphatic imine (C=N–C) groups is 1. The first-order valence-corrected chi connectivity index (χ1v) is 9.79. The lowest BCUT2D eigenvalue weighted by Crippen LogP contribution is -2.53. The van der Waals surface area contributed by atoms with Crippen LogP contribution in [0.15, 0.2) is 52.1 Å². The highest BCUT2D eigenvalue weighted by Gasteiger charge is 2.25. The largest absolute Gasteiger partial charge is 0.459 e. The quantitative estimate of drug-likeness (QED) is 0.590. The van der Waals surface area contributed by atoms with E-state index in [1.165, 1.54) is 6.26 Å². The molecule has 0 spiro atoms. The fourth-order valence-electron chi connectivity index (χ4n) is 3.22. The molecule has 8 nitrogen and oxygen atoms in total. The third-order valence-electron chi connectivity index (χ3n) is 4.76. The van der Waals surface area contributed by atoms with Crippen LogP contribution in [0.2, 0.25) is 0 Å². The zero-order valence-corrected chi connectivity index (χ0v) is 16.9. The van der Waals surface area contributed by atoms with E-state index in [0.717, 1.165) is 18.1 Å². The molecule has 1 aliphatic rings. The number of hydrogen-bond acceptors (Lipinski definition) is 4. The summed E-state index contributed by atoms with van der Waals surface area (Å²) in [7, 11) is 1.62. The van der Waals surface area contributed by atoms with Crippen LogP contribution in [0.4, 0.5) is 0 Å². The molecular weight excluding hydrogens is 370 g/mol. The number of amides is 2. The molecule has 2 heterocycles. The number of nitrogens with zero attached hydrogens (tertiary/aromatic N) is 3. The zero-order valence-electron chi connectivity index (χ0n) is 16.9. The summed E-state index contributed by atoms with van der Waals surface area (Å²) in [6.07, 6.45) is 1.51. The average molecular weight is 397 g/mol. The summed E-state index contributed by atoms with van der Waals surface area (Å²) in [5.74, 6) is 0.987. The van der Waals surface area contributed by atoms with Crippen LogP contribution in [-0.2, 0) is 6.54 Å². The molecule has 2 amide bonds. The van der Waals surface area contributed by atoms with Crippen molar-refractivity contribution < 1.29 is 14.0 Å². The Morgan fingerprint density at radius 3 is 2.52 bits per heavy atom. The molecule has 29 heavy (non-hydrogen) atoms. The Bertz CT molecular complexity index is 855. The predicted molar refractivity (Wildman–Crippen MR) is 111 cm³/mol. The van der Waals surface area contributed by atoms with Gasteiger partial charge in [-0.25, -0.2) is 4.99 Å². The smallest absolute Gasteiger partial charge is 0.289 e. The average Bonchev–Trinajstić information content (AvgIpc) is 3.31. The first-order chi connectivity index (χ1) is 14.1. The van der Waals surface area contributed by atoms with E-state index >= 15 is 0 Å². The molecule has 1 aromatic heterocycles. The molecule has 1 aliphatic heterocycles. The Labute approximate surface area is 170 Å². The number of carbonyl (C=O) groups is 2.